The van der Waals surface area contributed by atoms with Gasteiger partial charge in [0.1, 0.15) is 0 Å². The van der Waals surface area contributed by atoms with Crippen molar-refractivity contribution >= 4 is 23.6 Å². The van der Waals surface area contributed by atoms with Gasteiger partial charge in [0.05, 0.1) is 5.56 Å². The van der Waals surface area contributed by atoms with Crippen LogP contribution in [0.4, 0.5) is 0 Å². The number of piperidine rings is 1. The SMILES string of the molecule is O=C(c1cccnc1)N1CCC(/C=C/c2ccccc2Cl)CC1. The lowest BCUT2D eigenvalue weighted by Crippen LogP contribution is -2.38. The maximum Gasteiger partial charge on any atom is 0.255 e. The highest BCUT2D eigenvalue weighted by Crippen LogP contribution is 2.23. The Labute approximate surface area is 141 Å². The minimum Gasteiger partial charge on any atom is -0.339 e. The van der Waals surface area contributed by atoms with Gasteiger partial charge in [0.15, 0.2) is 0 Å². The Kier molecular flexibility index (Phi) is 5.09. The smallest absolute Gasteiger partial charge is 0.255 e. The van der Waals surface area contributed by atoms with Crippen molar-refractivity contribution in [3.63, 3.8) is 0 Å². The van der Waals surface area contributed by atoms with Gasteiger partial charge in [-0.1, -0.05) is 42.0 Å². The first kappa shape index (κ1) is 15.8. The molecule has 1 saturated heterocycles. The molecule has 4 heteroatoms. The van der Waals surface area contributed by atoms with Crippen molar-refractivity contribution in [3.05, 3.63) is 71.0 Å². The van der Waals surface area contributed by atoms with Crippen molar-refractivity contribution in [2.24, 2.45) is 5.92 Å². The fraction of sp³-hybridized carbons (Fsp3) is 0.263. The number of likely N-dealkylation sites (tertiary alicyclic amines) is 1. The Morgan fingerprint density at radius 2 is 1.96 bits per heavy atom. The van der Waals surface area contributed by atoms with Gasteiger partial charge < -0.3 is 4.90 Å². The van der Waals surface area contributed by atoms with Gasteiger partial charge in [-0.3, -0.25) is 9.78 Å². The van der Waals surface area contributed by atoms with Crippen LogP contribution in [0.15, 0.2) is 54.9 Å². The van der Waals surface area contributed by atoms with Crippen LogP contribution in [-0.4, -0.2) is 28.9 Å². The van der Waals surface area contributed by atoms with E-state index in [1.165, 1.54) is 0 Å². The van der Waals surface area contributed by atoms with Crippen LogP contribution in [0.25, 0.3) is 6.08 Å². The van der Waals surface area contributed by atoms with Crippen LogP contribution in [0.1, 0.15) is 28.8 Å². The Bertz CT molecular complexity index is 692. The summed E-state index contributed by atoms with van der Waals surface area (Å²) in [6, 6.07) is 11.4. The summed E-state index contributed by atoms with van der Waals surface area (Å²) in [5.41, 5.74) is 1.71. The van der Waals surface area contributed by atoms with Crippen molar-refractivity contribution in [1.29, 1.82) is 0 Å². The van der Waals surface area contributed by atoms with E-state index in [-0.39, 0.29) is 5.91 Å². The molecule has 23 heavy (non-hydrogen) atoms. The summed E-state index contributed by atoms with van der Waals surface area (Å²) in [6.07, 6.45) is 9.58. The van der Waals surface area contributed by atoms with Crippen LogP contribution >= 0.6 is 11.6 Å². The molecule has 0 bridgehead atoms. The molecule has 0 N–H and O–H groups in total. The van der Waals surface area contributed by atoms with Gasteiger partial charge in [-0.25, -0.2) is 0 Å². The standard InChI is InChI=1S/C19H19ClN2O/c20-18-6-2-1-4-16(18)8-7-15-9-12-22(13-10-15)19(23)17-5-3-11-21-14-17/h1-8,11,14-15H,9-10,12-13H2/b8-7+. The van der Waals surface area contributed by atoms with Crippen LogP contribution in [0.3, 0.4) is 0 Å². The Balaban J connectivity index is 1.57. The Hall–Kier alpha value is -2.13. The number of nitrogens with zero attached hydrogens (tertiary/aromatic N) is 2. The van der Waals surface area contributed by atoms with Gasteiger partial charge in [-0.05, 0) is 42.5 Å². The van der Waals surface area contributed by atoms with E-state index in [2.05, 4.69) is 17.1 Å². The third kappa shape index (κ3) is 3.99. The lowest BCUT2D eigenvalue weighted by Gasteiger charge is -2.30. The number of carbonyl (C=O) groups excluding carboxylic acids is 1. The molecule has 118 valence electrons. The second-order valence-electron chi connectivity index (χ2n) is 5.75. The lowest BCUT2D eigenvalue weighted by atomic mass is 9.95. The van der Waals surface area contributed by atoms with E-state index in [0.29, 0.717) is 11.5 Å². The van der Waals surface area contributed by atoms with Crippen LogP contribution < -0.4 is 0 Å². The number of rotatable bonds is 3. The number of benzene rings is 1. The molecule has 0 spiro atoms. The average Bonchev–Trinajstić information content (AvgIpc) is 2.62. The van der Waals surface area contributed by atoms with Gasteiger partial charge in [0.25, 0.3) is 5.91 Å². The summed E-state index contributed by atoms with van der Waals surface area (Å²) in [5.74, 6) is 0.566. The normalized spacial score (nSPS) is 16.0. The van der Waals surface area contributed by atoms with Crippen LogP contribution in [0.5, 0.6) is 0 Å². The minimum atomic E-state index is 0.0756. The highest BCUT2D eigenvalue weighted by molar-refractivity contribution is 6.32. The molecule has 1 aliphatic heterocycles. The van der Waals surface area contributed by atoms with Crippen molar-refractivity contribution in [2.75, 3.05) is 13.1 Å². The molecule has 1 aliphatic rings. The summed E-state index contributed by atoms with van der Waals surface area (Å²) < 4.78 is 0. The van der Waals surface area contributed by atoms with E-state index >= 15 is 0 Å². The highest BCUT2D eigenvalue weighted by atomic mass is 35.5. The number of halogens is 1. The molecule has 2 heterocycles. The number of amides is 1. The molecule has 3 rings (SSSR count). The van der Waals surface area contributed by atoms with E-state index in [9.17, 15) is 4.79 Å². The molecule has 1 amide bonds. The average molecular weight is 327 g/mol. The second-order valence-corrected chi connectivity index (χ2v) is 6.16. The third-order valence-corrected chi connectivity index (χ3v) is 4.53. The van der Waals surface area contributed by atoms with E-state index in [1.54, 1.807) is 18.5 Å². The summed E-state index contributed by atoms with van der Waals surface area (Å²) in [6.45, 7) is 1.57. The summed E-state index contributed by atoms with van der Waals surface area (Å²) in [7, 11) is 0. The zero-order valence-corrected chi connectivity index (χ0v) is 13.6. The number of hydrogen-bond donors (Lipinski definition) is 0. The Morgan fingerprint density at radius 3 is 2.65 bits per heavy atom. The van der Waals surface area contributed by atoms with E-state index < -0.39 is 0 Å². The van der Waals surface area contributed by atoms with E-state index in [1.807, 2.05) is 35.2 Å². The molecule has 3 nitrogen and oxygen atoms in total. The fourth-order valence-corrected chi connectivity index (χ4v) is 3.02. The number of pyridine rings is 1. The predicted molar refractivity (Wildman–Crippen MR) is 93.4 cm³/mol. The number of aromatic nitrogens is 1. The zero-order valence-electron chi connectivity index (χ0n) is 12.9. The Morgan fingerprint density at radius 1 is 1.17 bits per heavy atom. The van der Waals surface area contributed by atoms with E-state index in [0.717, 1.165) is 36.5 Å². The molecule has 0 atom stereocenters. The number of carbonyl (C=O) groups is 1. The lowest BCUT2D eigenvalue weighted by molar-refractivity contribution is 0.0705. The van der Waals surface area contributed by atoms with Gasteiger partial charge in [-0.15, -0.1) is 0 Å². The summed E-state index contributed by atoms with van der Waals surface area (Å²) in [4.78, 5) is 18.3. The summed E-state index contributed by atoms with van der Waals surface area (Å²) in [5, 5.41) is 0.771. The zero-order chi connectivity index (χ0) is 16.1. The number of hydrogen-bond acceptors (Lipinski definition) is 2. The van der Waals surface area contributed by atoms with Gasteiger partial charge in [0.2, 0.25) is 0 Å². The largest absolute Gasteiger partial charge is 0.339 e. The number of allylic oxidation sites excluding steroid dienone is 1. The maximum atomic E-state index is 12.4. The van der Waals surface area contributed by atoms with Crippen LogP contribution in [0, 0.1) is 5.92 Å². The molecule has 0 saturated carbocycles. The van der Waals surface area contributed by atoms with Crippen molar-refractivity contribution in [1.82, 2.24) is 9.88 Å². The van der Waals surface area contributed by atoms with Crippen LogP contribution in [0.2, 0.25) is 5.02 Å². The van der Waals surface area contributed by atoms with E-state index in [4.69, 9.17) is 11.6 Å². The monoisotopic (exact) mass is 326 g/mol. The second kappa shape index (κ2) is 7.42. The van der Waals surface area contributed by atoms with Gasteiger partial charge >= 0.3 is 0 Å². The molecule has 0 unspecified atom stereocenters. The predicted octanol–water partition coefficient (Wildman–Crippen LogP) is 4.30. The molecule has 1 fully saturated rings. The summed E-state index contributed by atoms with van der Waals surface area (Å²) >= 11 is 6.16. The first-order valence-corrected chi connectivity index (χ1v) is 8.24. The molecule has 0 aliphatic carbocycles. The molecule has 1 aromatic heterocycles. The molecular weight excluding hydrogens is 308 g/mol. The van der Waals surface area contributed by atoms with Gasteiger partial charge in [0, 0.05) is 30.5 Å². The molecule has 1 aromatic carbocycles. The maximum absolute atomic E-state index is 12.4. The minimum absolute atomic E-state index is 0.0756. The fourth-order valence-electron chi connectivity index (χ4n) is 2.82. The molecular formula is C19H19ClN2O. The van der Waals surface area contributed by atoms with Crippen molar-refractivity contribution < 1.29 is 4.79 Å². The topological polar surface area (TPSA) is 33.2 Å². The molecule has 2 aromatic rings. The van der Waals surface area contributed by atoms with Crippen LogP contribution in [-0.2, 0) is 0 Å². The third-order valence-electron chi connectivity index (χ3n) is 4.19. The first-order valence-electron chi connectivity index (χ1n) is 7.86. The highest BCUT2D eigenvalue weighted by Gasteiger charge is 2.22. The first-order chi connectivity index (χ1) is 11.2. The van der Waals surface area contributed by atoms with Crippen molar-refractivity contribution in [3.8, 4) is 0 Å². The van der Waals surface area contributed by atoms with Crippen molar-refractivity contribution in [2.45, 2.75) is 12.8 Å². The van der Waals surface area contributed by atoms with Gasteiger partial charge in [-0.2, -0.15) is 0 Å². The molecule has 0 radical (unpaired) electrons. The quantitative estimate of drug-likeness (QED) is 0.842.